The fraction of sp³-hybridized carbons (Fsp3) is 0.233. The van der Waals surface area contributed by atoms with E-state index in [2.05, 4.69) is 17.1 Å². The standard InChI is InChI=1S/C30H28ClN7O2S2/c31-21-9-7-20(8-10-21)28-37-22(16-41-28)17-42-29-24(15-34)26(23(14-33)27(36)38-29)19-5-3-18(4-6-19)2-1-13-40-30(39)25(35)11-12-32/h3-10,16,25H,1-2,11-13,17,32,35H2,(H2,36,38)/t25-/m0/s1. The van der Waals surface area contributed by atoms with E-state index in [1.54, 1.807) is 0 Å². The van der Waals surface area contributed by atoms with Gasteiger partial charge < -0.3 is 21.9 Å². The number of carbonyl (C=O) groups excluding carboxylic acids is 1. The Labute approximate surface area is 257 Å². The molecule has 214 valence electrons. The lowest BCUT2D eigenvalue weighted by Crippen LogP contribution is -2.34. The molecule has 0 spiro atoms. The molecule has 0 amide bonds. The number of esters is 1. The van der Waals surface area contributed by atoms with Crippen molar-refractivity contribution >= 4 is 46.5 Å². The molecule has 0 saturated carbocycles. The number of thioether (sulfide) groups is 1. The molecule has 2 aromatic heterocycles. The van der Waals surface area contributed by atoms with Crippen molar-refractivity contribution in [3.63, 3.8) is 0 Å². The molecule has 0 unspecified atom stereocenters. The predicted molar refractivity (Wildman–Crippen MR) is 167 cm³/mol. The largest absolute Gasteiger partial charge is 0.465 e. The van der Waals surface area contributed by atoms with Crippen LogP contribution < -0.4 is 17.2 Å². The van der Waals surface area contributed by atoms with Crippen LogP contribution in [0, 0.1) is 22.7 Å². The van der Waals surface area contributed by atoms with Gasteiger partial charge in [0.25, 0.3) is 0 Å². The number of hydrogen-bond acceptors (Lipinski definition) is 11. The average molecular weight is 618 g/mol. The number of anilines is 1. The Morgan fingerprint density at radius 2 is 1.74 bits per heavy atom. The van der Waals surface area contributed by atoms with Crippen LogP contribution in [0.4, 0.5) is 5.82 Å². The smallest absolute Gasteiger partial charge is 0.322 e. The highest BCUT2D eigenvalue weighted by atomic mass is 35.5. The van der Waals surface area contributed by atoms with Gasteiger partial charge in [-0.2, -0.15) is 10.5 Å². The van der Waals surface area contributed by atoms with Gasteiger partial charge in [-0.05, 0) is 49.1 Å². The van der Waals surface area contributed by atoms with E-state index in [9.17, 15) is 15.3 Å². The second kappa shape index (κ2) is 14.8. The monoisotopic (exact) mass is 617 g/mol. The van der Waals surface area contributed by atoms with Crippen LogP contribution in [0.5, 0.6) is 0 Å². The number of nitrogens with two attached hydrogens (primary N) is 3. The Kier molecular flexibility index (Phi) is 10.9. The van der Waals surface area contributed by atoms with Gasteiger partial charge in [0.2, 0.25) is 0 Å². The predicted octanol–water partition coefficient (Wildman–Crippen LogP) is 5.30. The summed E-state index contributed by atoms with van der Waals surface area (Å²) < 4.78 is 5.22. The third-order valence-corrected chi connectivity index (χ3v) is 8.49. The Bertz CT molecular complexity index is 1630. The molecule has 12 heteroatoms. The lowest BCUT2D eigenvalue weighted by molar-refractivity contribution is -0.145. The van der Waals surface area contributed by atoms with Gasteiger partial charge >= 0.3 is 5.97 Å². The minimum atomic E-state index is -0.706. The summed E-state index contributed by atoms with van der Waals surface area (Å²) in [5.74, 6) is 0.0782. The molecule has 42 heavy (non-hydrogen) atoms. The maximum Gasteiger partial charge on any atom is 0.322 e. The molecule has 0 bridgehead atoms. The molecule has 2 aromatic carbocycles. The van der Waals surface area contributed by atoms with Crippen LogP contribution in [0.2, 0.25) is 5.02 Å². The summed E-state index contributed by atoms with van der Waals surface area (Å²) in [5.41, 5.74) is 21.7. The molecule has 0 saturated heterocycles. The first-order valence-corrected chi connectivity index (χ1v) is 15.3. The third kappa shape index (κ3) is 7.65. The maximum absolute atomic E-state index is 11.8. The van der Waals surface area contributed by atoms with Crippen LogP contribution in [-0.4, -0.2) is 35.1 Å². The number of nitrogen functional groups attached to an aromatic ring is 1. The highest BCUT2D eigenvalue weighted by molar-refractivity contribution is 7.98. The molecule has 0 aliphatic carbocycles. The van der Waals surface area contributed by atoms with Crippen molar-refractivity contribution in [3.05, 3.63) is 81.3 Å². The van der Waals surface area contributed by atoms with Crippen molar-refractivity contribution < 1.29 is 9.53 Å². The van der Waals surface area contributed by atoms with Crippen LogP contribution in [0.15, 0.2) is 58.9 Å². The summed E-state index contributed by atoms with van der Waals surface area (Å²) in [6, 6.07) is 18.6. The minimum Gasteiger partial charge on any atom is -0.465 e. The summed E-state index contributed by atoms with van der Waals surface area (Å²) in [6.07, 6.45) is 1.67. The zero-order valence-corrected chi connectivity index (χ0v) is 24.9. The van der Waals surface area contributed by atoms with E-state index < -0.39 is 12.0 Å². The molecule has 4 rings (SSSR count). The first-order chi connectivity index (χ1) is 20.3. The second-order valence-corrected chi connectivity index (χ2v) is 11.5. The molecule has 0 fully saturated rings. The lowest BCUT2D eigenvalue weighted by atomic mass is 9.95. The van der Waals surface area contributed by atoms with Crippen molar-refractivity contribution in [2.75, 3.05) is 18.9 Å². The van der Waals surface area contributed by atoms with Gasteiger partial charge in [0.05, 0.1) is 17.9 Å². The van der Waals surface area contributed by atoms with Crippen molar-refractivity contribution in [3.8, 4) is 33.8 Å². The second-order valence-electron chi connectivity index (χ2n) is 9.24. The number of aromatic nitrogens is 2. The first kappa shape index (κ1) is 31.0. The van der Waals surface area contributed by atoms with E-state index in [0.717, 1.165) is 21.8 Å². The van der Waals surface area contributed by atoms with Gasteiger partial charge in [-0.1, -0.05) is 59.8 Å². The van der Waals surface area contributed by atoms with Gasteiger partial charge in [0.1, 0.15) is 39.6 Å². The molecule has 0 radical (unpaired) electrons. The molecular formula is C30H28ClN7O2S2. The number of aryl methyl sites for hydroxylation is 1. The SMILES string of the molecule is N#Cc1c(N)nc(SCc2csc(-c3ccc(Cl)cc3)n2)c(C#N)c1-c1ccc(CCCOC(=O)[C@@H](N)CCN)cc1. The maximum atomic E-state index is 11.8. The molecule has 0 aliphatic rings. The van der Waals surface area contributed by atoms with Crippen LogP contribution in [-0.2, 0) is 21.7 Å². The summed E-state index contributed by atoms with van der Waals surface area (Å²) >= 11 is 8.86. The fourth-order valence-corrected chi connectivity index (χ4v) is 6.07. The summed E-state index contributed by atoms with van der Waals surface area (Å²) in [7, 11) is 0. The number of ether oxygens (including phenoxy) is 1. The van der Waals surface area contributed by atoms with Crippen LogP contribution in [0.3, 0.4) is 0 Å². The molecule has 2 heterocycles. The fourth-order valence-electron chi connectivity index (χ4n) is 4.12. The Morgan fingerprint density at radius 1 is 1.05 bits per heavy atom. The summed E-state index contributed by atoms with van der Waals surface area (Å²) in [6.45, 7) is 0.572. The van der Waals surface area contributed by atoms with Crippen LogP contribution in [0.25, 0.3) is 21.7 Å². The van der Waals surface area contributed by atoms with Crippen molar-refractivity contribution in [2.24, 2.45) is 11.5 Å². The Balaban J connectivity index is 1.48. The highest BCUT2D eigenvalue weighted by Crippen LogP contribution is 2.37. The number of nitriles is 2. The van der Waals surface area contributed by atoms with E-state index in [4.69, 9.17) is 38.5 Å². The van der Waals surface area contributed by atoms with E-state index in [1.165, 1.54) is 23.1 Å². The summed E-state index contributed by atoms with van der Waals surface area (Å²) in [5, 5.41) is 23.9. The van der Waals surface area contributed by atoms with Crippen molar-refractivity contribution in [2.45, 2.75) is 36.1 Å². The summed E-state index contributed by atoms with van der Waals surface area (Å²) in [4.78, 5) is 20.9. The average Bonchev–Trinajstić information content (AvgIpc) is 3.47. The number of hydrogen-bond donors (Lipinski definition) is 3. The van der Waals surface area contributed by atoms with Gasteiger partial charge in [-0.25, -0.2) is 9.97 Å². The van der Waals surface area contributed by atoms with E-state index in [1.807, 2.05) is 53.9 Å². The molecular weight excluding hydrogens is 590 g/mol. The number of carbonyl (C=O) groups is 1. The van der Waals surface area contributed by atoms with E-state index in [-0.39, 0.29) is 23.6 Å². The van der Waals surface area contributed by atoms with E-state index >= 15 is 0 Å². The first-order valence-electron chi connectivity index (χ1n) is 13.0. The molecule has 0 aliphatic heterocycles. The number of thiazole rings is 1. The number of rotatable bonds is 12. The van der Waals surface area contributed by atoms with Gasteiger partial charge in [0, 0.05) is 27.3 Å². The number of nitrogens with zero attached hydrogens (tertiary/aromatic N) is 4. The minimum absolute atomic E-state index is 0.0628. The number of halogens is 1. The van der Waals surface area contributed by atoms with Crippen LogP contribution in [0.1, 0.15) is 35.2 Å². The van der Waals surface area contributed by atoms with Gasteiger partial charge in [0.15, 0.2) is 0 Å². The molecule has 1 atom stereocenters. The van der Waals surface area contributed by atoms with E-state index in [0.29, 0.717) is 52.7 Å². The van der Waals surface area contributed by atoms with Gasteiger partial charge in [-0.15, -0.1) is 11.3 Å². The quantitative estimate of drug-likeness (QED) is 0.107. The highest BCUT2D eigenvalue weighted by Gasteiger charge is 2.21. The lowest BCUT2D eigenvalue weighted by Gasteiger charge is -2.13. The zero-order chi connectivity index (χ0) is 30.1. The topological polar surface area (TPSA) is 178 Å². The Morgan fingerprint density at radius 3 is 2.40 bits per heavy atom. The normalized spacial score (nSPS) is 11.5. The molecule has 4 aromatic rings. The van der Waals surface area contributed by atoms with Gasteiger partial charge in [-0.3, -0.25) is 4.79 Å². The zero-order valence-electron chi connectivity index (χ0n) is 22.5. The van der Waals surface area contributed by atoms with Crippen molar-refractivity contribution in [1.29, 1.82) is 10.5 Å². The van der Waals surface area contributed by atoms with Crippen molar-refractivity contribution in [1.82, 2.24) is 9.97 Å². The number of pyridine rings is 1. The Hall–Kier alpha value is -3.97. The molecule has 9 nitrogen and oxygen atoms in total. The molecule has 6 N–H and O–H groups in total. The van der Waals surface area contributed by atoms with Crippen LogP contribution >= 0.6 is 34.7 Å². The number of benzene rings is 2. The third-order valence-electron chi connectivity index (χ3n) is 6.29.